The average molecular weight is 374 g/mol. The van der Waals surface area contributed by atoms with Gasteiger partial charge in [-0.3, -0.25) is 14.9 Å². The monoisotopic (exact) mass is 373 g/mol. The fraction of sp³-hybridized carbons (Fsp3) is 0.455. The maximum Gasteiger partial charge on any atom is 0.522 e. The zero-order chi connectivity index (χ0) is 16.0. The van der Waals surface area contributed by atoms with Crippen LogP contribution in [0.1, 0.15) is 5.56 Å². The lowest BCUT2D eigenvalue weighted by atomic mass is 10.2. The largest absolute Gasteiger partial charge is 0.522 e. The second-order valence-electron chi connectivity index (χ2n) is 3.67. The second-order valence-corrected chi connectivity index (χ2v) is 4.23. The van der Waals surface area contributed by atoms with Gasteiger partial charge in [0.25, 0.3) is 5.69 Å². The fourth-order valence-corrected chi connectivity index (χ4v) is 1.90. The SMILES string of the molecule is COc1cc(CBr)c([N+](=O)[O-])cc1OCCOC(F)(F)F. The molecule has 0 amide bonds. The first-order valence-corrected chi connectivity index (χ1v) is 6.65. The van der Waals surface area contributed by atoms with E-state index in [4.69, 9.17) is 9.47 Å². The Kier molecular flexibility index (Phi) is 6.21. The summed E-state index contributed by atoms with van der Waals surface area (Å²) in [4.78, 5) is 10.3. The van der Waals surface area contributed by atoms with Crippen molar-refractivity contribution in [3.05, 3.63) is 27.8 Å². The summed E-state index contributed by atoms with van der Waals surface area (Å²) in [6.07, 6.45) is -4.75. The zero-order valence-corrected chi connectivity index (χ0v) is 12.4. The van der Waals surface area contributed by atoms with Crippen molar-refractivity contribution in [3.63, 3.8) is 0 Å². The molecule has 0 saturated heterocycles. The molecule has 0 saturated carbocycles. The smallest absolute Gasteiger partial charge is 0.493 e. The number of halogens is 4. The minimum absolute atomic E-state index is 0.0281. The number of nitro groups is 1. The Morgan fingerprint density at radius 1 is 1.29 bits per heavy atom. The molecule has 0 spiro atoms. The van der Waals surface area contributed by atoms with Gasteiger partial charge in [0.1, 0.15) is 6.61 Å². The van der Waals surface area contributed by atoms with E-state index in [0.717, 1.165) is 6.07 Å². The van der Waals surface area contributed by atoms with Gasteiger partial charge >= 0.3 is 6.36 Å². The van der Waals surface area contributed by atoms with Gasteiger partial charge in [-0.15, -0.1) is 13.2 Å². The summed E-state index contributed by atoms with van der Waals surface area (Å²) in [5.74, 6) is 0.154. The minimum Gasteiger partial charge on any atom is -0.493 e. The number of benzene rings is 1. The van der Waals surface area contributed by atoms with Gasteiger partial charge in [-0.1, -0.05) is 15.9 Å². The highest BCUT2D eigenvalue weighted by molar-refractivity contribution is 9.08. The molecule has 0 heterocycles. The van der Waals surface area contributed by atoms with E-state index in [9.17, 15) is 23.3 Å². The van der Waals surface area contributed by atoms with Crippen molar-refractivity contribution in [3.8, 4) is 11.5 Å². The maximum absolute atomic E-state index is 11.8. The van der Waals surface area contributed by atoms with E-state index < -0.39 is 24.5 Å². The lowest BCUT2D eigenvalue weighted by Gasteiger charge is -2.13. The van der Waals surface area contributed by atoms with Crippen LogP contribution in [0, 0.1) is 10.1 Å². The van der Waals surface area contributed by atoms with Crippen LogP contribution >= 0.6 is 15.9 Å². The molecule has 0 aliphatic rings. The summed E-state index contributed by atoms with van der Waals surface area (Å²) in [6, 6.07) is 2.48. The second kappa shape index (κ2) is 7.46. The van der Waals surface area contributed by atoms with Crippen LogP contribution in [0.3, 0.4) is 0 Å². The average Bonchev–Trinajstić information content (AvgIpc) is 2.41. The molecule has 0 fully saturated rings. The quantitative estimate of drug-likeness (QED) is 0.317. The van der Waals surface area contributed by atoms with Crippen molar-refractivity contribution >= 4 is 21.6 Å². The Bertz CT molecular complexity index is 509. The predicted octanol–water partition coefficient (Wildman–Crippen LogP) is 3.41. The first-order valence-electron chi connectivity index (χ1n) is 5.53. The van der Waals surface area contributed by atoms with Gasteiger partial charge in [0, 0.05) is 10.9 Å². The minimum atomic E-state index is -4.75. The number of hydrogen-bond donors (Lipinski definition) is 0. The molecular weight excluding hydrogens is 363 g/mol. The van der Waals surface area contributed by atoms with Crippen LogP contribution in [0.5, 0.6) is 11.5 Å². The number of hydrogen-bond acceptors (Lipinski definition) is 5. The third-order valence-corrected chi connectivity index (χ3v) is 2.92. The highest BCUT2D eigenvalue weighted by atomic mass is 79.9. The van der Waals surface area contributed by atoms with Crippen LogP contribution < -0.4 is 9.47 Å². The molecule has 21 heavy (non-hydrogen) atoms. The van der Waals surface area contributed by atoms with E-state index in [1.54, 1.807) is 0 Å². The van der Waals surface area contributed by atoms with Gasteiger partial charge in [0.05, 0.1) is 24.7 Å². The lowest BCUT2D eigenvalue weighted by molar-refractivity contribution is -0.385. The Balaban J connectivity index is 2.85. The van der Waals surface area contributed by atoms with Crippen molar-refractivity contribution in [2.75, 3.05) is 20.3 Å². The number of methoxy groups -OCH3 is 1. The molecule has 0 aliphatic carbocycles. The molecule has 1 aromatic carbocycles. The summed E-state index contributed by atoms with van der Waals surface area (Å²) >= 11 is 3.10. The van der Waals surface area contributed by atoms with E-state index in [1.807, 2.05) is 0 Å². The topological polar surface area (TPSA) is 70.8 Å². The van der Waals surface area contributed by atoms with E-state index in [2.05, 4.69) is 20.7 Å². The molecule has 1 rings (SSSR count). The van der Waals surface area contributed by atoms with Gasteiger partial charge in [-0.05, 0) is 6.07 Å². The first kappa shape index (κ1) is 17.5. The van der Waals surface area contributed by atoms with Gasteiger partial charge < -0.3 is 9.47 Å². The van der Waals surface area contributed by atoms with Crippen molar-refractivity contribution in [2.24, 2.45) is 0 Å². The molecular formula is C11H11BrF3NO5. The molecule has 10 heteroatoms. The highest BCUT2D eigenvalue weighted by Gasteiger charge is 2.28. The number of ether oxygens (including phenoxy) is 3. The van der Waals surface area contributed by atoms with Gasteiger partial charge in [0.2, 0.25) is 0 Å². The summed E-state index contributed by atoms with van der Waals surface area (Å²) in [7, 11) is 1.32. The van der Waals surface area contributed by atoms with E-state index in [1.165, 1.54) is 13.2 Å². The molecule has 0 bridgehead atoms. The van der Waals surface area contributed by atoms with Crippen LogP contribution in [0.4, 0.5) is 18.9 Å². The van der Waals surface area contributed by atoms with Gasteiger partial charge in [0.15, 0.2) is 11.5 Å². The van der Waals surface area contributed by atoms with Crippen LogP contribution in [0.2, 0.25) is 0 Å². The molecule has 0 aliphatic heterocycles. The van der Waals surface area contributed by atoms with Crippen LogP contribution in [0.25, 0.3) is 0 Å². The Morgan fingerprint density at radius 2 is 1.95 bits per heavy atom. The number of alkyl halides is 4. The number of nitrogens with zero attached hydrogens (tertiary/aromatic N) is 1. The zero-order valence-electron chi connectivity index (χ0n) is 10.8. The van der Waals surface area contributed by atoms with E-state index in [0.29, 0.717) is 5.56 Å². The van der Waals surface area contributed by atoms with Crippen molar-refractivity contribution in [2.45, 2.75) is 11.7 Å². The first-order chi connectivity index (χ1) is 9.78. The van der Waals surface area contributed by atoms with Crippen molar-refractivity contribution < 1.29 is 32.3 Å². The standard InChI is InChI=1S/C11H11BrF3NO5/c1-19-9-4-7(6-12)8(16(17)18)5-10(9)20-2-3-21-11(13,14)15/h4-5H,2-3,6H2,1H3. The molecule has 6 nitrogen and oxygen atoms in total. The van der Waals surface area contributed by atoms with Gasteiger partial charge in [-0.2, -0.15) is 0 Å². The van der Waals surface area contributed by atoms with E-state index in [-0.39, 0.29) is 22.5 Å². The molecule has 0 atom stereocenters. The Labute approximate surface area is 126 Å². The van der Waals surface area contributed by atoms with Crippen LogP contribution in [0.15, 0.2) is 12.1 Å². The Morgan fingerprint density at radius 3 is 2.43 bits per heavy atom. The highest BCUT2D eigenvalue weighted by Crippen LogP contribution is 2.35. The molecule has 0 unspecified atom stereocenters. The van der Waals surface area contributed by atoms with Crippen LogP contribution in [-0.2, 0) is 10.1 Å². The van der Waals surface area contributed by atoms with Crippen molar-refractivity contribution in [1.29, 1.82) is 0 Å². The third kappa shape index (κ3) is 5.38. The normalized spacial score (nSPS) is 11.3. The summed E-state index contributed by atoms with van der Waals surface area (Å²) < 4.78 is 49.0. The number of nitro benzene ring substituents is 1. The summed E-state index contributed by atoms with van der Waals surface area (Å²) in [5, 5.41) is 11.1. The Hall–Kier alpha value is -1.55. The van der Waals surface area contributed by atoms with Gasteiger partial charge in [-0.25, -0.2) is 0 Å². The van der Waals surface area contributed by atoms with Crippen LogP contribution in [-0.4, -0.2) is 31.6 Å². The van der Waals surface area contributed by atoms with E-state index >= 15 is 0 Å². The predicted molar refractivity (Wildman–Crippen MR) is 69.8 cm³/mol. The summed E-state index contributed by atoms with van der Waals surface area (Å²) in [5.41, 5.74) is 0.134. The maximum atomic E-state index is 11.8. The number of rotatable bonds is 7. The van der Waals surface area contributed by atoms with Crippen molar-refractivity contribution in [1.82, 2.24) is 0 Å². The molecule has 0 radical (unpaired) electrons. The molecule has 118 valence electrons. The lowest BCUT2D eigenvalue weighted by Crippen LogP contribution is -2.18. The molecule has 1 aromatic rings. The molecule has 0 N–H and O–H groups in total. The fourth-order valence-electron chi connectivity index (χ4n) is 1.45. The summed E-state index contributed by atoms with van der Waals surface area (Å²) in [6.45, 7) is -1.17. The third-order valence-electron chi connectivity index (χ3n) is 2.31. The molecule has 0 aromatic heterocycles.